The van der Waals surface area contributed by atoms with Crippen LogP contribution in [0.15, 0.2) is 66.4 Å². The minimum atomic E-state index is -0.727. The molecule has 192 valence electrons. The van der Waals surface area contributed by atoms with Crippen molar-refractivity contribution in [2.45, 2.75) is 52.1 Å². The van der Waals surface area contributed by atoms with Crippen molar-refractivity contribution in [2.75, 3.05) is 7.11 Å². The van der Waals surface area contributed by atoms with Gasteiger partial charge < -0.3 is 9.47 Å². The molecule has 0 unspecified atom stereocenters. The predicted octanol–water partition coefficient (Wildman–Crippen LogP) is 6.65. The molecule has 0 aliphatic heterocycles. The number of carbonyl (C=O) groups excluding carboxylic acids is 2. The Kier molecular flexibility index (Phi) is 5.75. The van der Waals surface area contributed by atoms with Gasteiger partial charge in [-0.15, -0.1) is 0 Å². The number of aryl methyl sites for hydroxylation is 4. The van der Waals surface area contributed by atoms with Crippen molar-refractivity contribution in [1.29, 1.82) is 0 Å². The van der Waals surface area contributed by atoms with E-state index in [-0.39, 0.29) is 5.70 Å². The molecule has 0 spiro atoms. The molecule has 0 fully saturated rings. The summed E-state index contributed by atoms with van der Waals surface area (Å²) in [6.07, 6.45) is 3.28. The summed E-state index contributed by atoms with van der Waals surface area (Å²) in [5.74, 6) is -0.627. The summed E-state index contributed by atoms with van der Waals surface area (Å²) in [5.41, 5.74) is 6.95. The van der Waals surface area contributed by atoms with E-state index in [4.69, 9.17) is 9.47 Å². The van der Waals surface area contributed by atoms with Crippen molar-refractivity contribution in [3.63, 3.8) is 0 Å². The molecule has 0 saturated heterocycles. The predicted molar refractivity (Wildman–Crippen MR) is 150 cm³/mol. The molecule has 0 heterocycles. The van der Waals surface area contributed by atoms with Crippen molar-refractivity contribution in [2.24, 2.45) is 0 Å². The van der Waals surface area contributed by atoms with Gasteiger partial charge in [-0.3, -0.25) is 5.32 Å². The van der Waals surface area contributed by atoms with Gasteiger partial charge in [-0.25, -0.2) is 9.59 Å². The van der Waals surface area contributed by atoms with Crippen molar-refractivity contribution in [1.82, 2.24) is 5.32 Å². The molecular formula is C33H31NO4. The lowest BCUT2D eigenvalue weighted by molar-refractivity contribution is -0.136. The number of amides is 1. The van der Waals surface area contributed by atoms with Gasteiger partial charge in [0.15, 0.2) is 0 Å². The van der Waals surface area contributed by atoms with Crippen molar-refractivity contribution in [3.8, 4) is 0 Å². The van der Waals surface area contributed by atoms with Crippen LogP contribution in [0.5, 0.6) is 0 Å². The minimum absolute atomic E-state index is 0.0687. The molecule has 5 heteroatoms. The smallest absolute Gasteiger partial charge is 0.412 e. The maximum absolute atomic E-state index is 13.4. The van der Waals surface area contributed by atoms with Crippen LogP contribution in [0.25, 0.3) is 27.1 Å². The van der Waals surface area contributed by atoms with Crippen LogP contribution in [0.3, 0.4) is 0 Å². The van der Waals surface area contributed by atoms with Crippen molar-refractivity contribution < 1.29 is 19.1 Å². The quantitative estimate of drug-likeness (QED) is 0.249. The molecule has 38 heavy (non-hydrogen) atoms. The highest BCUT2D eigenvalue weighted by Gasteiger charge is 2.28. The molecule has 5 nitrogen and oxygen atoms in total. The van der Waals surface area contributed by atoms with Crippen LogP contribution in [-0.2, 0) is 40.0 Å². The number of hydrogen-bond donors (Lipinski definition) is 1. The number of methoxy groups -OCH3 is 1. The van der Waals surface area contributed by atoms with Gasteiger partial charge in [0.2, 0.25) is 0 Å². The van der Waals surface area contributed by atoms with Gasteiger partial charge in [0, 0.05) is 5.57 Å². The van der Waals surface area contributed by atoms with Gasteiger partial charge in [0.05, 0.1) is 7.11 Å². The first kappa shape index (κ1) is 24.2. The van der Waals surface area contributed by atoms with Gasteiger partial charge in [0.1, 0.15) is 11.3 Å². The Labute approximate surface area is 222 Å². The zero-order chi connectivity index (χ0) is 26.6. The first-order valence-corrected chi connectivity index (χ1v) is 13.2. The maximum atomic E-state index is 13.4. The Morgan fingerprint density at radius 1 is 0.711 bits per heavy atom. The highest BCUT2D eigenvalue weighted by Crippen LogP contribution is 2.42. The number of esters is 1. The van der Waals surface area contributed by atoms with Crippen LogP contribution in [-0.4, -0.2) is 24.8 Å². The highest BCUT2D eigenvalue weighted by molar-refractivity contribution is 6.13. The average Bonchev–Trinajstić information content (AvgIpc) is 3.51. The average molecular weight is 506 g/mol. The third-order valence-electron chi connectivity index (χ3n) is 7.56. The Hall–Kier alpha value is -4.12. The lowest BCUT2D eigenvalue weighted by atomic mass is 9.86. The fraction of sp³-hybridized carbons (Fsp3) is 0.273. The fourth-order valence-electron chi connectivity index (χ4n) is 6.07. The Morgan fingerprint density at radius 3 is 1.63 bits per heavy atom. The molecule has 1 amide bonds. The first-order chi connectivity index (χ1) is 18.2. The standard InChI is InChI=1S/C33H31NO4/c1-33(2,3)38-32(36)34-30(31(35)37-4)29(25-17-15-21-13-11-19-7-5-9-23(25)27(19)21)26-18-16-22-14-12-20-8-6-10-24(26)28(20)22/h5-10,15-18H,11-14H2,1-4H3,(H,34,36). The van der Waals surface area contributed by atoms with E-state index in [1.807, 2.05) is 0 Å². The summed E-state index contributed by atoms with van der Waals surface area (Å²) in [6, 6.07) is 21.1. The number of nitrogens with one attached hydrogen (secondary N) is 1. The Morgan fingerprint density at radius 2 is 1.18 bits per heavy atom. The van der Waals surface area contributed by atoms with Gasteiger partial charge in [0.25, 0.3) is 0 Å². The number of hydrogen-bond acceptors (Lipinski definition) is 4. The molecule has 4 aromatic rings. The van der Waals surface area contributed by atoms with E-state index in [0.29, 0.717) is 5.57 Å². The second-order valence-corrected chi connectivity index (χ2v) is 11.1. The highest BCUT2D eigenvalue weighted by atomic mass is 16.6. The van der Waals surface area contributed by atoms with E-state index in [0.717, 1.165) is 47.6 Å². The zero-order valence-electron chi connectivity index (χ0n) is 22.2. The first-order valence-electron chi connectivity index (χ1n) is 13.2. The van der Waals surface area contributed by atoms with Crippen LogP contribution in [0, 0.1) is 0 Å². The normalized spacial score (nSPS) is 13.6. The SMILES string of the molecule is COC(=O)C(NC(=O)OC(C)(C)C)=C(c1ccc2c3c(cccc13)CC2)c1ccc2c3c(cccc13)CC2. The lowest BCUT2D eigenvalue weighted by Gasteiger charge is -2.23. The van der Waals surface area contributed by atoms with Crippen molar-refractivity contribution in [3.05, 3.63) is 99.7 Å². The molecule has 0 bridgehead atoms. The molecule has 2 aliphatic carbocycles. The summed E-state index contributed by atoms with van der Waals surface area (Å²) in [7, 11) is 1.33. The van der Waals surface area contributed by atoms with E-state index in [1.54, 1.807) is 20.8 Å². The summed E-state index contributed by atoms with van der Waals surface area (Å²) in [4.78, 5) is 26.5. The fourth-order valence-corrected chi connectivity index (χ4v) is 6.07. The van der Waals surface area contributed by atoms with Crippen LogP contribution in [0.4, 0.5) is 4.79 Å². The van der Waals surface area contributed by atoms with Crippen LogP contribution in [0.2, 0.25) is 0 Å². The minimum Gasteiger partial charge on any atom is -0.464 e. The van der Waals surface area contributed by atoms with E-state index in [1.165, 1.54) is 40.1 Å². The molecular weight excluding hydrogens is 474 g/mol. The summed E-state index contributed by atoms with van der Waals surface area (Å²) in [6.45, 7) is 5.38. The molecule has 2 aliphatic rings. The number of carbonyl (C=O) groups is 2. The molecule has 1 N–H and O–H groups in total. The van der Waals surface area contributed by atoms with E-state index < -0.39 is 17.7 Å². The van der Waals surface area contributed by atoms with Gasteiger partial charge >= 0.3 is 12.1 Å². The second-order valence-electron chi connectivity index (χ2n) is 11.1. The lowest BCUT2D eigenvalue weighted by Crippen LogP contribution is -2.35. The Balaban J connectivity index is 1.69. The topological polar surface area (TPSA) is 64.6 Å². The van der Waals surface area contributed by atoms with E-state index >= 15 is 0 Å². The third-order valence-corrected chi connectivity index (χ3v) is 7.56. The van der Waals surface area contributed by atoms with Gasteiger partial charge in [-0.2, -0.15) is 0 Å². The summed E-state index contributed by atoms with van der Waals surface area (Å²) < 4.78 is 10.8. The second kappa shape index (κ2) is 9.02. The van der Waals surface area contributed by atoms with Crippen molar-refractivity contribution >= 4 is 39.2 Å². The number of benzene rings is 4. The molecule has 0 radical (unpaired) electrons. The zero-order valence-corrected chi connectivity index (χ0v) is 22.2. The summed E-state index contributed by atoms with van der Waals surface area (Å²) in [5, 5.41) is 7.36. The molecule has 0 saturated carbocycles. The largest absolute Gasteiger partial charge is 0.464 e. The monoisotopic (exact) mass is 505 g/mol. The van der Waals surface area contributed by atoms with Gasteiger partial charge in [-0.1, -0.05) is 60.7 Å². The third kappa shape index (κ3) is 4.03. The molecule has 0 aromatic heterocycles. The number of alkyl carbamates (subject to hydrolysis) is 1. The van der Waals surface area contributed by atoms with E-state index in [9.17, 15) is 9.59 Å². The van der Waals surface area contributed by atoms with E-state index in [2.05, 4.69) is 66.0 Å². The molecule has 6 rings (SSSR count). The maximum Gasteiger partial charge on any atom is 0.412 e. The van der Waals surface area contributed by atoms with Crippen LogP contribution >= 0.6 is 0 Å². The van der Waals surface area contributed by atoms with Gasteiger partial charge in [-0.05, 0) is 101 Å². The molecule has 0 atom stereocenters. The van der Waals surface area contributed by atoms with Crippen LogP contribution in [0.1, 0.15) is 54.2 Å². The molecule has 4 aromatic carbocycles. The van der Waals surface area contributed by atoms with Crippen LogP contribution < -0.4 is 5.32 Å². The Bertz CT molecular complexity index is 1550. The number of rotatable bonds is 4. The number of ether oxygens (including phenoxy) is 2. The summed E-state index contributed by atoms with van der Waals surface area (Å²) >= 11 is 0.